The Labute approximate surface area is 121 Å². The van der Waals surface area contributed by atoms with Crippen molar-refractivity contribution in [1.29, 1.82) is 0 Å². The zero-order valence-electron chi connectivity index (χ0n) is 12.6. The fourth-order valence-corrected chi connectivity index (χ4v) is 1.60. The lowest BCUT2D eigenvalue weighted by atomic mass is 10.3. The van der Waals surface area contributed by atoms with Gasteiger partial charge in [-0.05, 0) is 37.6 Å². The Kier molecular flexibility index (Phi) is 7.32. The average molecular weight is 279 g/mol. The van der Waals surface area contributed by atoms with E-state index in [0.717, 1.165) is 30.9 Å². The van der Waals surface area contributed by atoms with Gasteiger partial charge in [0.05, 0.1) is 13.7 Å². The van der Waals surface area contributed by atoms with Crippen LogP contribution >= 0.6 is 0 Å². The number of rotatable bonds is 8. The number of nitrogens with two attached hydrogens (primary N) is 1. The molecular formula is C15H25N3O2. The van der Waals surface area contributed by atoms with Crippen molar-refractivity contribution in [3.05, 3.63) is 24.3 Å². The molecule has 0 heterocycles. The summed E-state index contributed by atoms with van der Waals surface area (Å²) in [6, 6.07) is 7.49. The first-order valence-electron chi connectivity index (χ1n) is 7.00. The normalized spacial score (nSPS) is 12.8. The molecule has 0 saturated heterocycles. The van der Waals surface area contributed by atoms with Crippen molar-refractivity contribution in [2.75, 3.05) is 20.2 Å². The van der Waals surface area contributed by atoms with Gasteiger partial charge in [0.1, 0.15) is 17.6 Å². The SMILES string of the molecule is CCCCNC(N)=NCC(C)Oc1ccc(OC)cc1. The lowest BCUT2D eigenvalue weighted by molar-refractivity contribution is 0.230. The molecule has 3 N–H and O–H groups in total. The Bertz CT molecular complexity index is 404. The third-order valence-electron chi connectivity index (χ3n) is 2.75. The summed E-state index contributed by atoms with van der Waals surface area (Å²) in [6.07, 6.45) is 2.20. The molecule has 0 saturated carbocycles. The number of hydrogen-bond donors (Lipinski definition) is 2. The van der Waals surface area contributed by atoms with Gasteiger partial charge >= 0.3 is 0 Å². The third kappa shape index (κ3) is 6.31. The maximum absolute atomic E-state index is 5.76. The van der Waals surface area contributed by atoms with Gasteiger partial charge in [-0.1, -0.05) is 13.3 Å². The Hall–Kier alpha value is -1.91. The molecule has 0 fully saturated rings. The highest BCUT2D eigenvalue weighted by molar-refractivity contribution is 5.77. The predicted molar refractivity (Wildman–Crippen MR) is 82.5 cm³/mol. The van der Waals surface area contributed by atoms with Crippen LogP contribution in [0, 0.1) is 0 Å². The molecule has 0 aliphatic carbocycles. The molecule has 112 valence electrons. The van der Waals surface area contributed by atoms with E-state index in [0.29, 0.717) is 12.5 Å². The maximum atomic E-state index is 5.76. The molecule has 0 radical (unpaired) electrons. The molecule has 0 aliphatic heterocycles. The van der Waals surface area contributed by atoms with Gasteiger partial charge in [-0.2, -0.15) is 0 Å². The van der Waals surface area contributed by atoms with Crippen LogP contribution in [0.3, 0.4) is 0 Å². The van der Waals surface area contributed by atoms with Crippen LogP contribution in [0.1, 0.15) is 26.7 Å². The van der Waals surface area contributed by atoms with Gasteiger partial charge < -0.3 is 20.5 Å². The summed E-state index contributed by atoms with van der Waals surface area (Å²) in [7, 11) is 1.64. The highest BCUT2D eigenvalue weighted by atomic mass is 16.5. The van der Waals surface area contributed by atoms with Crippen LogP contribution in [0.15, 0.2) is 29.3 Å². The number of nitrogens with zero attached hydrogens (tertiary/aromatic N) is 1. The minimum Gasteiger partial charge on any atom is -0.497 e. The van der Waals surface area contributed by atoms with E-state index in [-0.39, 0.29) is 6.10 Å². The van der Waals surface area contributed by atoms with Gasteiger partial charge in [0.15, 0.2) is 5.96 Å². The highest BCUT2D eigenvalue weighted by Crippen LogP contribution is 2.18. The van der Waals surface area contributed by atoms with Gasteiger partial charge in [0.25, 0.3) is 0 Å². The Morgan fingerprint density at radius 1 is 1.30 bits per heavy atom. The van der Waals surface area contributed by atoms with Gasteiger partial charge in [-0.25, -0.2) is 4.99 Å². The molecule has 0 amide bonds. The molecule has 5 nitrogen and oxygen atoms in total. The smallest absolute Gasteiger partial charge is 0.188 e. The maximum Gasteiger partial charge on any atom is 0.188 e. The molecule has 0 aromatic heterocycles. The van der Waals surface area contributed by atoms with E-state index >= 15 is 0 Å². The first kappa shape index (κ1) is 16.1. The summed E-state index contributed by atoms with van der Waals surface area (Å²) in [4.78, 5) is 4.26. The number of nitrogens with one attached hydrogen (secondary N) is 1. The van der Waals surface area contributed by atoms with Crippen LogP contribution in [0.5, 0.6) is 11.5 Å². The largest absolute Gasteiger partial charge is 0.497 e. The monoisotopic (exact) mass is 279 g/mol. The van der Waals surface area contributed by atoms with E-state index in [1.807, 2.05) is 31.2 Å². The van der Waals surface area contributed by atoms with Crippen LogP contribution in [-0.4, -0.2) is 32.3 Å². The molecule has 1 aromatic rings. The minimum absolute atomic E-state index is 0.0325. The lowest BCUT2D eigenvalue weighted by Gasteiger charge is -2.13. The van der Waals surface area contributed by atoms with Crippen molar-refractivity contribution >= 4 is 5.96 Å². The van der Waals surface area contributed by atoms with E-state index in [2.05, 4.69) is 17.2 Å². The third-order valence-corrected chi connectivity index (χ3v) is 2.75. The number of aliphatic imine (C=N–C) groups is 1. The van der Waals surface area contributed by atoms with Crippen LogP contribution < -0.4 is 20.5 Å². The first-order chi connectivity index (χ1) is 9.65. The number of benzene rings is 1. The summed E-state index contributed by atoms with van der Waals surface area (Å²) >= 11 is 0. The van der Waals surface area contributed by atoms with Gasteiger partial charge in [0.2, 0.25) is 0 Å². The van der Waals surface area contributed by atoms with E-state index in [4.69, 9.17) is 15.2 Å². The molecule has 0 bridgehead atoms. The summed E-state index contributed by atoms with van der Waals surface area (Å²) in [5.41, 5.74) is 5.76. The summed E-state index contributed by atoms with van der Waals surface area (Å²) in [6.45, 7) is 5.49. The molecule has 1 rings (SSSR count). The topological polar surface area (TPSA) is 68.9 Å². The minimum atomic E-state index is -0.0325. The average Bonchev–Trinajstić information content (AvgIpc) is 2.46. The predicted octanol–water partition coefficient (Wildman–Crippen LogP) is 2.17. The quantitative estimate of drug-likeness (QED) is 0.435. The number of hydrogen-bond acceptors (Lipinski definition) is 3. The van der Waals surface area contributed by atoms with Crippen molar-refractivity contribution in [2.45, 2.75) is 32.8 Å². The van der Waals surface area contributed by atoms with Crippen molar-refractivity contribution in [1.82, 2.24) is 5.32 Å². The number of guanidine groups is 1. The van der Waals surface area contributed by atoms with Crippen LogP contribution in [0.25, 0.3) is 0 Å². The van der Waals surface area contributed by atoms with Crippen molar-refractivity contribution < 1.29 is 9.47 Å². The molecule has 1 atom stereocenters. The second-order valence-electron chi connectivity index (χ2n) is 4.61. The number of unbranched alkanes of at least 4 members (excludes halogenated alkanes) is 1. The molecule has 1 aromatic carbocycles. The Balaban J connectivity index is 2.34. The van der Waals surface area contributed by atoms with Crippen molar-refractivity contribution in [3.8, 4) is 11.5 Å². The van der Waals surface area contributed by atoms with Crippen LogP contribution in [0.2, 0.25) is 0 Å². The molecule has 1 unspecified atom stereocenters. The lowest BCUT2D eigenvalue weighted by Crippen LogP contribution is -2.33. The zero-order chi connectivity index (χ0) is 14.8. The summed E-state index contributed by atoms with van der Waals surface area (Å²) < 4.78 is 10.8. The van der Waals surface area contributed by atoms with Crippen molar-refractivity contribution in [2.24, 2.45) is 10.7 Å². The fourth-order valence-electron chi connectivity index (χ4n) is 1.60. The molecular weight excluding hydrogens is 254 g/mol. The Morgan fingerprint density at radius 3 is 2.55 bits per heavy atom. The zero-order valence-corrected chi connectivity index (χ0v) is 12.6. The number of methoxy groups -OCH3 is 1. The van der Waals surface area contributed by atoms with Crippen LogP contribution in [-0.2, 0) is 0 Å². The first-order valence-corrected chi connectivity index (χ1v) is 7.00. The fraction of sp³-hybridized carbons (Fsp3) is 0.533. The summed E-state index contributed by atoms with van der Waals surface area (Å²) in [5.74, 6) is 2.09. The second-order valence-corrected chi connectivity index (χ2v) is 4.61. The van der Waals surface area contributed by atoms with Crippen molar-refractivity contribution in [3.63, 3.8) is 0 Å². The molecule has 5 heteroatoms. The number of ether oxygens (including phenoxy) is 2. The summed E-state index contributed by atoms with van der Waals surface area (Å²) in [5, 5.41) is 3.07. The molecule has 0 aliphatic rings. The van der Waals surface area contributed by atoms with E-state index in [1.54, 1.807) is 7.11 Å². The molecule has 0 spiro atoms. The van der Waals surface area contributed by atoms with Gasteiger partial charge in [0, 0.05) is 6.54 Å². The highest BCUT2D eigenvalue weighted by Gasteiger charge is 2.03. The van der Waals surface area contributed by atoms with Gasteiger partial charge in [-0.15, -0.1) is 0 Å². The second kappa shape index (κ2) is 9.07. The standard InChI is InChI=1S/C15H25N3O2/c1-4-5-10-17-15(16)18-11-12(2)20-14-8-6-13(19-3)7-9-14/h6-9,12H,4-5,10-11H2,1-3H3,(H3,16,17,18). The van der Waals surface area contributed by atoms with Gasteiger partial charge in [-0.3, -0.25) is 0 Å². The van der Waals surface area contributed by atoms with E-state index in [1.165, 1.54) is 0 Å². The van der Waals surface area contributed by atoms with E-state index < -0.39 is 0 Å². The molecule has 20 heavy (non-hydrogen) atoms. The van der Waals surface area contributed by atoms with Crippen LogP contribution in [0.4, 0.5) is 0 Å². The Morgan fingerprint density at radius 2 is 1.95 bits per heavy atom. The van der Waals surface area contributed by atoms with E-state index in [9.17, 15) is 0 Å².